The number of carboxylic acid groups (broad SMARTS) is 3. The summed E-state index contributed by atoms with van der Waals surface area (Å²) in [5.41, 5.74) is 3.94. The molecule has 3 rings (SSSR count). The fourth-order valence-electron chi connectivity index (χ4n) is 3.24. The molecule has 3 unspecified atom stereocenters. The molecule has 0 bridgehead atoms. The molecular formula is C31H36Br2O7. The van der Waals surface area contributed by atoms with E-state index in [4.69, 9.17) is 20.1 Å². The summed E-state index contributed by atoms with van der Waals surface area (Å²) < 4.78 is 4.99. The number of benzene rings is 3. The number of rotatable bonds is 10. The summed E-state index contributed by atoms with van der Waals surface area (Å²) in [4.78, 5) is 31.8. The Morgan fingerprint density at radius 2 is 1.23 bits per heavy atom. The zero-order valence-corrected chi connectivity index (χ0v) is 26.1. The molecule has 0 aliphatic rings. The number of ether oxygens (including phenoxy) is 1. The van der Waals surface area contributed by atoms with Crippen LogP contribution in [-0.2, 0) is 19.7 Å². The zero-order chi connectivity index (χ0) is 30.2. The highest BCUT2D eigenvalue weighted by Crippen LogP contribution is 2.31. The van der Waals surface area contributed by atoms with Gasteiger partial charge in [-0.25, -0.2) is 4.79 Å². The number of hydrogen-bond donors (Lipinski definition) is 3. The first kappa shape index (κ1) is 34.9. The molecule has 0 saturated heterocycles. The normalized spacial score (nSPS) is 12.5. The molecule has 3 atom stereocenters. The van der Waals surface area contributed by atoms with E-state index in [2.05, 4.69) is 45.7 Å². The van der Waals surface area contributed by atoms with Crippen molar-refractivity contribution in [3.63, 3.8) is 0 Å². The highest BCUT2D eigenvalue weighted by Gasteiger charge is 2.16. The van der Waals surface area contributed by atoms with Gasteiger partial charge in [-0.15, -0.1) is 0 Å². The van der Waals surface area contributed by atoms with Gasteiger partial charge in [-0.2, -0.15) is 0 Å². The molecule has 0 aliphatic heterocycles. The van der Waals surface area contributed by atoms with Gasteiger partial charge in [-0.1, -0.05) is 112 Å². The Balaban J connectivity index is 0.000000305. The van der Waals surface area contributed by atoms with Crippen molar-refractivity contribution in [3.05, 3.63) is 101 Å². The van der Waals surface area contributed by atoms with Gasteiger partial charge in [-0.05, 0) is 54.2 Å². The molecule has 0 spiro atoms. The van der Waals surface area contributed by atoms with E-state index in [0.717, 1.165) is 22.0 Å². The quantitative estimate of drug-likeness (QED) is 0.186. The van der Waals surface area contributed by atoms with Gasteiger partial charge in [0.25, 0.3) is 0 Å². The summed E-state index contributed by atoms with van der Waals surface area (Å²) in [5.74, 6) is -2.28. The fourth-order valence-corrected chi connectivity index (χ4v) is 3.90. The van der Waals surface area contributed by atoms with E-state index in [1.165, 1.54) is 5.56 Å². The van der Waals surface area contributed by atoms with Gasteiger partial charge in [0.15, 0.2) is 6.61 Å². The lowest BCUT2D eigenvalue weighted by molar-refractivity contribution is -0.140. The Morgan fingerprint density at radius 3 is 1.68 bits per heavy atom. The van der Waals surface area contributed by atoms with Gasteiger partial charge in [0.05, 0.1) is 11.8 Å². The van der Waals surface area contributed by atoms with Crippen LogP contribution < -0.4 is 4.74 Å². The Morgan fingerprint density at radius 1 is 0.725 bits per heavy atom. The monoisotopic (exact) mass is 678 g/mol. The van der Waals surface area contributed by atoms with E-state index in [1.807, 2.05) is 66.7 Å². The molecule has 0 fully saturated rings. The molecular weight excluding hydrogens is 644 g/mol. The molecule has 3 aromatic carbocycles. The average molecular weight is 680 g/mol. The van der Waals surface area contributed by atoms with Crippen LogP contribution >= 0.6 is 31.9 Å². The minimum absolute atomic E-state index is 0.300. The van der Waals surface area contributed by atoms with Crippen molar-refractivity contribution in [1.82, 2.24) is 0 Å². The van der Waals surface area contributed by atoms with E-state index < -0.39 is 29.7 Å². The molecule has 0 radical (unpaired) electrons. The summed E-state index contributed by atoms with van der Waals surface area (Å²) in [7, 11) is 0. The van der Waals surface area contributed by atoms with Crippen molar-refractivity contribution in [2.75, 3.05) is 6.61 Å². The SMILES string of the molecule is CC(C(=O)O)c1ccc(C(Br)C(C)C)cc1.CC(C(=O)O)c1ccccc1.O=C(O)COc1cccc(CBr)c1. The number of carboxylic acids is 3. The molecule has 9 heteroatoms. The molecule has 7 nitrogen and oxygen atoms in total. The van der Waals surface area contributed by atoms with Crippen LogP contribution in [0.4, 0.5) is 0 Å². The maximum absolute atomic E-state index is 10.8. The number of hydrogen-bond acceptors (Lipinski definition) is 4. The van der Waals surface area contributed by atoms with Crippen molar-refractivity contribution in [2.24, 2.45) is 5.92 Å². The standard InChI is InChI=1S/C13H17BrO2.C9H9BrO3.C9H10O2/c1-8(2)12(14)11-6-4-10(5-7-11)9(3)13(15)16;10-5-7-2-1-3-8(4-7)13-6-9(11)12;1-7(9(10)11)8-5-3-2-4-6-8/h4-9,12H,1-3H3,(H,15,16);1-4H,5-6H2,(H,11,12);2-7H,1H3,(H,10,11). The fraction of sp³-hybridized carbons (Fsp3) is 0.323. The molecule has 3 aromatic rings. The van der Waals surface area contributed by atoms with Gasteiger partial charge < -0.3 is 20.1 Å². The van der Waals surface area contributed by atoms with E-state index in [0.29, 0.717) is 16.5 Å². The Hall–Kier alpha value is -3.17. The summed E-state index contributed by atoms with van der Waals surface area (Å²) in [6, 6.07) is 24.3. The predicted molar refractivity (Wildman–Crippen MR) is 164 cm³/mol. The largest absolute Gasteiger partial charge is 0.482 e. The van der Waals surface area contributed by atoms with Crippen LogP contribution in [0.2, 0.25) is 0 Å². The highest BCUT2D eigenvalue weighted by molar-refractivity contribution is 9.09. The summed E-state index contributed by atoms with van der Waals surface area (Å²) in [6.07, 6.45) is 0. The Kier molecular flexibility index (Phi) is 15.9. The van der Waals surface area contributed by atoms with E-state index >= 15 is 0 Å². The van der Waals surface area contributed by atoms with Gasteiger partial charge in [0, 0.05) is 10.2 Å². The van der Waals surface area contributed by atoms with Crippen molar-refractivity contribution < 1.29 is 34.4 Å². The molecule has 0 aliphatic carbocycles. The van der Waals surface area contributed by atoms with Crippen LogP contribution in [0.3, 0.4) is 0 Å². The molecule has 3 N–H and O–H groups in total. The Labute approximate surface area is 252 Å². The third-order valence-corrected chi connectivity index (χ3v) is 8.03. The second-order valence-corrected chi connectivity index (χ2v) is 10.9. The van der Waals surface area contributed by atoms with Crippen molar-refractivity contribution >= 4 is 49.8 Å². The lowest BCUT2D eigenvalue weighted by Gasteiger charge is -2.15. The topological polar surface area (TPSA) is 121 Å². The first-order chi connectivity index (χ1) is 18.9. The van der Waals surface area contributed by atoms with Crippen molar-refractivity contribution in [2.45, 2.75) is 49.7 Å². The minimum atomic E-state index is -0.968. The Bertz CT molecular complexity index is 1200. The van der Waals surface area contributed by atoms with Crippen molar-refractivity contribution in [1.29, 1.82) is 0 Å². The van der Waals surface area contributed by atoms with Crippen LogP contribution in [0.5, 0.6) is 5.75 Å². The van der Waals surface area contributed by atoms with Gasteiger partial charge >= 0.3 is 17.9 Å². The maximum atomic E-state index is 10.8. The number of aliphatic carboxylic acids is 3. The lowest BCUT2D eigenvalue weighted by Crippen LogP contribution is -2.09. The number of halogens is 2. The summed E-state index contributed by atoms with van der Waals surface area (Å²) >= 11 is 6.92. The third kappa shape index (κ3) is 12.8. The van der Waals surface area contributed by atoms with E-state index in [-0.39, 0.29) is 6.61 Å². The highest BCUT2D eigenvalue weighted by atomic mass is 79.9. The van der Waals surface area contributed by atoms with Gasteiger partial charge in [0.2, 0.25) is 0 Å². The van der Waals surface area contributed by atoms with Crippen LogP contribution in [-0.4, -0.2) is 39.8 Å². The average Bonchev–Trinajstić information content (AvgIpc) is 2.96. The molecule has 0 amide bonds. The molecule has 216 valence electrons. The molecule has 40 heavy (non-hydrogen) atoms. The summed E-state index contributed by atoms with van der Waals surface area (Å²) in [6.45, 7) is 7.37. The third-order valence-electron chi connectivity index (χ3n) is 5.80. The first-order valence-corrected chi connectivity index (χ1v) is 14.6. The van der Waals surface area contributed by atoms with Crippen LogP contribution in [0.1, 0.15) is 66.6 Å². The number of alkyl halides is 2. The molecule has 0 heterocycles. The first-order valence-electron chi connectivity index (χ1n) is 12.6. The second-order valence-electron chi connectivity index (χ2n) is 9.31. The van der Waals surface area contributed by atoms with Crippen molar-refractivity contribution in [3.8, 4) is 5.75 Å². The van der Waals surface area contributed by atoms with Gasteiger partial charge in [-0.3, -0.25) is 9.59 Å². The predicted octanol–water partition coefficient (Wildman–Crippen LogP) is 7.89. The van der Waals surface area contributed by atoms with E-state index in [9.17, 15) is 14.4 Å². The second kappa shape index (κ2) is 18.2. The van der Waals surface area contributed by atoms with Crippen LogP contribution in [0.25, 0.3) is 0 Å². The number of carbonyl (C=O) groups is 3. The van der Waals surface area contributed by atoms with Gasteiger partial charge in [0.1, 0.15) is 5.75 Å². The molecule has 0 saturated carbocycles. The zero-order valence-electron chi connectivity index (χ0n) is 23.0. The lowest BCUT2D eigenvalue weighted by atomic mass is 9.97. The van der Waals surface area contributed by atoms with Crippen LogP contribution in [0.15, 0.2) is 78.9 Å². The minimum Gasteiger partial charge on any atom is -0.482 e. The summed E-state index contributed by atoms with van der Waals surface area (Å²) in [5, 5.41) is 26.6. The maximum Gasteiger partial charge on any atom is 0.341 e. The van der Waals surface area contributed by atoms with E-state index in [1.54, 1.807) is 26.0 Å². The smallest absolute Gasteiger partial charge is 0.341 e. The molecule has 0 aromatic heterocycles. The van der Waals surface area contributed by atoms with Crippen LogP contribution in [0, 0.1) is 5.92 Å².